The summed E-state index contributed by atoms with van der Waals surface area (Å²) in [6.45, 7) is -0.886. The van der Waals surface area contributed by atoms with E-state index in [0.29, 0.717) is 6.54 Å². The van der Waals surface area contributed by atoms with Gasteiger partial charge in [0.25, 0.3) is 0 Å². The van der Waals surface area contributed by atoms with Crippen LogP contribution in [-0.4, -0.2) is 27.7 Å². The van der Waals surface area contributed by atoms with Crippen LogP contribution in [0.5, 0.6) is 5.88 Å². The topological polar surface area (TPSA) is 59.9 Å². The number of nitrogens with zero attached hydrogens (tertiary/aromatic N) is 3. The van der Waals surface area contributed by atoms with Gasteiger partial charge in [0.2, 0.25) is 5.88 Å². The van der Waals surface area contributed by atoms with Gasteiger partial charge < -0.3 is 10.1 Å². The standard InChI is InChI=1S/C18H17F3N4OS/c19-18(20,21)9-26-14-6-5-11(7-22-14)8-23-16-15-12-3-1-2-4-13(12)27-17(15)25-10-24-16/h5-7,10H,1-4,8-9H2,(H,23,24,25). The Morgan fingerprint density at radius 3 is 2.74 bits per heavy atom. The van der Waals surface area contributed by atoms with Gasteiger partial charge in [0.1, 0.15) is 17.0 Å². The number of nitrogens with one attached hydrogen (secondary N) is 1. The van der Waals surface area contributed by atoms with E-state index in [1.807, 2.05) is 0 Å². The SMILES string of the molecule is FC(F)(F)COc1ccc(CNc2ncnc3sc4c(c23)CCCC4)cn1. The van der Waals surface area contributed by atoms with Crippen LogP contribution in [0.15, 0.2) is 24.7 Å². The van der Waals surface area contributed by atoms with Gasteiger partial charge in [-0.3, -0.25) is 0 Å². The first kappa shape index (κ1) is 18.0. The average Bonchev–Trinajstić information content (AvgIpc) is 3.04. The summed E-state index contributed by atoms with van der Waals surface area (Å²) < 4.78 is 41.2. The maximum atomic E-state index is 12.2. The first-order valence-electron chi connectivity index (χ1n) is 8.63. The molecule has 0 fully saturated rings. The van der Waals surface area contributed by atoms with E-state index in [1.54, 1.807) is 23.7 Å². The fourth-order valence-corrected chi connectivity index (χ4v) is 4.40. The van der Waals surface area contributed by atoms with Crippen molar-refractivity contribution in [3.63, 3.8) is 0 Å². The predicted molar refractivity (Wildman–Crippen MR) is 97.2 cm³/mol. The van der Waals surface area contributed by atoms with Crippen LogP contribution in [0.1, 0.15) is 28.8 Å². The van der Waals surface area contributed by atoms with Gasteiger partial charge in [-0.1, -0.05) is 6.07 Å². The van der Waals surface area contributed by atoms with Gasteiger partial charge in [-0.25, -0.2) is 15.0 Å². The molecule has 0 atom stereocenters. The van der Waals surface area contributed by atoms with E-state index in [1.165, 1.54) is 35.5 Å². The molecular weight excluding hydrogens is 377 g/mol. The number of ether oxygens (including phenoxy) is 1. The number of aryl methyl sites for hydroxylation is 2. The predicted octanol–water partition coefficient (Wildman–Crippen LogP) is 4.52. The van der Waals surface area contributed by atoms with Gasteiger partial charge in [-0.15, -0.1) is 11.3 Å². The van der Waals surface area contributed by atoms with Crippen molar-refractivity contribution in [3.8, 4) is 5.88 Å². The summed E-state index contributed by atoms with van der Waals surface area (Å²) in [5, 5.41) is 4.40. The Morgan fingerprint density at radius 1 is 1.11 bits per heavy atom. The molecular formula is C18H17F3N4OS. The Morgan fingerprint density at radius 2 is 1.96 bits per heavy atom. The third-order valence-corrected chi connectivity index (χ3v) is 5.59. The summed E-state index contributed by atoms with van der Waals surface area (Å²) in [6, 6.07) is 3.12. The molecule has 0 unspecified atom stereocenters. The molecule has 1 aliphatic carbocycles. The first-order valence-corrected chi connectivity index (χ1v) is 9.45. The number of pyridine rings is 1. The van der Waals surface area contributed by atoms with Gasteiger partial charge in [0, 0.05) is 23.7 Å². The second-order valence-corrected chi connectivity index (χ2v) is 7.46. The molecule has 5 nitrogen and oxygen atoms in total. The van der Waals surface area contributed by atoms with E-state index in [-0.39, 0.29) is 5.88 Å². The fourth-order valence-electron chi connectivity index (χ4n) is 3.17. The molecule has 0 bridgehead atoms. The summed E-state index contributed by atoms with van der Waals surface area (Å²) in [5.74, 6) is 0.740. The molecule has 1 aliphatic rings. The Hall–Kier alpha value is -2.42. The zero-order valence-corrected chi connectivity index (χ0v) is 15.2. The summed E-state index contributed by atoms with van der Waals surface area (Å²) >= 11 is 1.73. The van der Waals surface area contributed by atoms with Gasteiger partial charge in [-0.2, -0.15) is 13.2 Å². The van der Waals surface area contributed by atoms with Gasteiger partial charge >= 0.3 is 6.18 Å². The average molecular weight is 394 g/mol. The van der Waals surface area contributed by atoms with Crippen LogP contribution in [0, 0.1) is 0 Å². The minimum atomic E-state index is -4.38. The van der Waals surface area contributed by atoms with Crippen molar-refractivity contribution in [2.75, 3.05) is 11.9 Å². The maximum absolute atomic E-state index is 12.2. The third-order valence-electron chi connectivity index (χ3n) is 4.39. The molecule has 3 aromatic rings. The summed E-state index contributed by atoms with van der Waals surface area (Å²) in [7, 11) is 0. The number of thiophene rings is 1. The van der Waals surface area contributed by atoms with Crippen molar-refractivity contribution >= 4 is 27.4 Å². The molecule has 0 aromatic carbocycles. The molecule has 0 radical (unpaired) electrons. The highest BCUT2D eigenvalue weighted by atomic mass is 32.1. The van der Waals surface area contributed by atoms with Crippen LogP contribution in [0.25, 0.3) is 10.2 Å². The lowest BCUT2D eigenvalue weighted by atomic mass is 9.97. The van der Waals surface area contributed by atoms with Gasteiger partial charge in [0.15, 0.2) is 6.61 Å². The van der Waals surface area contributed by atoms with Crippen LogP contribution >= 0.6 is 11.3 Å². The molecule has 3 aromatic heterocycles. The molecule has 3 heterocycles. The Labute approximate surface area is 157 Å². The largest absolute Gasteiger partial charge is 0.468 e. The number of fused-ring (bicyclic) bond motifs is 3. The van der Waals surface area contributed by atoms with Crippen LogP contribution in [-0.2, 0) is 19.4 Å². The Bertz CT molecular complexity index is 940. The summed E-state index contributed by atoms with van der Waals surface area (Å²) in [5.41, 5.74) is 2.17. The number of hydrogen-bond acceptors (Lipinski definition) is 6. The third kappa shape index (κ3) is 4.13. The maximum Gasteiger partial charge on any atom is 0.422 e. The lowest BCUT2D eigenvalue weighted by Crippen LogP contribution is -2.19. The van der Waals surface area contributed by atoms with Crippen molar-refractivity contribution < 1.29 is 17.9 Å². The fraction of sp³-hybridized carbons (Fsp3) is 0.389. The van der Waals surface area contributed by atoms with Crippen molar-refractivity contribution in [1.82, 2.24) is 15.0 Å². The highest BCUT2D eigenvalue weighted by molar-refractivity contribution is 7.19. The van der Waals surface area contributed by atoms with Crippen molar-refractivity contribution in [2.24, 2.45) is 0 Å². The lowest BCUT2D eigenvalue weighted by Gasteiger charge is -2.12. The molecule has 0 saturated heterocycles. The van der Waals surface area contributed by atoms with E-state index >= 15 is 0 Å². The van der Waals surface area contributed by atoms with E-state index in [2.05, 4.69) is 25.0 Å². The molecule has 1 N–H and O–H groups in total. The molecule has 142 valence electrons. The minimum Gasteiger partial charge on any atom is -0.468 e. The highest BCUT2D eigenvalue weighted by Gasteiger charge is 2.28. The highest BCUT2D eigenvalue weighted by Crippen LogP contribution is 2.38. The van der Waals surface area contributed by atoms with Crippen LogP contribution in [0.4, 0.5) is 19.0 Å². The van der Waals surface area contributed by atoms with Crippen LogP contribution in [0.2, 0.25) is 0 Å². The lowest BCUT2D eigenvalue weighted by molar-refractivity contribution is -0.154. The quantitative estimate of drug-likeness (QED) is 0.690. The number of alkyl halides is 3. The Kier molecular flexibility index (Phi) is 4.86. The number of rotatable bonds is 5. The monoisotopic (exact) mass is 394 g/mol. The van der Waals surface area contributed by atoms with E-state index in [4.69, 9.17) is 0 Å². The van der Waals surface area contributed by atoms with Gasteiger partial charge in [0.05, 0.1) is 5.39 Å². The van der Waals surface area contributed by atoms with E-state index in [9.17, 15) is 13.2 Å². The summed E-state index contributed by atoms with van der Waals surface area (Å²) in [6.07, 6.45) is 3.21. The van der Waals surface area contributed by atoms with Crippen molar-refractivity contribution in [2.45, 2.75) is 38.4 Å². The first-order chi connectivity index (χ1) is 13.0. The zero-order chi connectivity index (χ0) is 18.9. The summed E-state index contributed by atoms with van der Waals surface area (Å²) in [4.78, 5) is 15.1. The molecule has 27 heavy (non-hydrogen) atoms. The van der Waals surface area contributed by atoms with Crippen LogP contribution in [0.3, 0.4) is 0 Å². The second-order valence-electron chi connectivity index (χ2n) is 6.38. The van der Waals surface area contributed by atoms with Crippen molar-refractivity contribution in [1.29, 1.82) is 0 Å². The molecule has 0 saturated carbocycles. The second kappa shape index (κ2) is 7.30. The minimum absolute atomic E-state index is 0.0487. The smallest absolute Gasteiger partial charge is 0.422 e. The Balaban J connectivity index is 1.47. The number of anilines is 1. The normalized spacial score (nSPS) is 14.2. The van der Waals surface area contributed by atoms with E-state index < -0.39 is 12.8 Å². The molecule has 0 amide bonds. The van der Waals surface area contributed by atoms with E-state index in [0.717, 1.165) is 34.4 Å². The molecule has 0 spiro atoms. The number of aromatic nitrogens is 3. The molecule has 4 rings (SSSR count). The van der Waals surface area contributed by atoms with Crippen LogP contribution < -0.4 is 10.1 Å². The molecule has 9 heteroatoms. The number of halogens is 3. The van der Waals surface area contributed by atoms with Crippen molar-refractivity contribution in [3.05, 3.63) is 40.7 Å². The number of hydrogen-bond donors (Lipinski definition) is 1. The molecule has 0 aliphatic heterocycles. The zero-order valence-electron chi connectivity index (χ0n) is 14.3. The van der Waals surface area contributed by atoms with Gasteiger partial charge in [-0.05, 0) is 36.8 Å².